The van der Waals surface area contributed by atoms with E-state index < -0.39 is 0 Å². The summed E-state index contributed by atoms with van der Waals surface area (Å²) in [4.78, 5) is 0. The van der Waals surface area contributed by atoms with Gasteiger partial charge in [0, 0.05) is 5.54 Å². The lowest BCUT2D eigenvalue weighted by Gasteiger charge is -2.28. The third-order valence-electron chi connectivity index (χ3n) is 4.71. The summed E-state index contributed by atoms with van der Waals surface area (Å²) in [6.07, 6.45) is 9.12. The molecule has 0 radical (unpaired) electrons. The van der Waals surface area contributed by atoms with Crippen molar-refractivity contribution in [1.29, 1.82) is 0 Å². The maximum atomic E-state index is 3.74. The van der Waals surface area contributed by atoms with Crippen LogP contribution in [0.5, 0.6) is 0 Å². The van der Waals surface area contributed by atoms with Crippen LogP contribution in [-0.4, -0.2) is 12.1 Å². The van der Waals surface area contributed by atoms with E-state index >= 15 is 0 Å². The lowest BCUT2D eigenvalue weighted by molar-refractivity contribution is 0.360. The van der Waals surface area contributed by atoms with Crippen LogP contribution in [0.15, 0.2) is 18.2 Å². The fourth-order valence-electron chi connectivity index (χ4n) is 3.57. The Labute approximate surface area is 105 Å². The van der Waals surface area contributed by atoms with Crippen LogP contribution in [0.3, 0.4) is 0 Å². The third kappa shape index (κ3) is 2.13. The molecule has 1 heterocycles. The molecule has 1 fully saturated rings. The smallest absolute Gasteiger partial charge is 0.0219 e. The molecule has 1 unspecified atom stereocenters. The van der Waals surface area contributed by atoms with E-state index in [1.807, 2.05) is 0 Å². The van der Waals surface area contributed by atoms with Crippen LogP contribution in [0.2, 0.25) is 0 Å². The quantitative estimate of drug-likeness (QED) is 0.839. The molecule has 3 rings (SSSR count). The molecule has 1 nitrogen and oxygen atoms in total. The first-order chi connectivity index (χ1) is 8.31. The zero-order chi connectivity index (χ0) is 11.7. The van der Waals surface area contributed by atoms with E-state index in [1.54, 1.807) is 16.7 Å². The number of hydrogen-bond acceptors (Lipinski definition) is 1. The van der Waals surface area contributed by atoms with Crippen molar-refractivity contribution in [2.75, 3.05) is 6.54 Å². The summed E-state index contributed by atoms with van der Waals surface area (Å²) in [5.74, 6) is 0. The van der Waals surface area contributed by atoms with Crippen LogP contribution < -0.4 is 5.32 Å². The molecule has 0 aromatic heterocycles. The van der Waals surface area contributed by atoms with Crippen molar-refractivity contribution in [3.05, 3.63) is 34.9 Å². The standard InChI is InChI=1S/C16H23N/c1-2-16(9-4-10-17-16)12-13-7-8-14-5-3-6-15(14)11-13/h7-8,11,17H,2-6,9-10,12H2,1H3. The van der Waals surface area contributed by atoms with E-state index in [1.165, 1.54) is 51.5 Å². The highest BCUT2D eigenvalue weighted by Gasteiger charge is 2.31. The minimum atomic E-state index is 0.396. The Bertz CT molecular complexity index is 402. The van der Waals surface area contributed by atoms with Crippen LogP contribution in [0.4, 0.5) is 0 Å². The molecule has 17 heavy (non-hydrogen) atoms. The fourth-order valence-corrected chi connectivity index (χ4v) is 3.57. The zero-order valence-electron chi connectivity index (χ0n) is 10.9. The molecule has 1 aromatic rings. The molecule has 1 aromatic carbocycles. The summed E-state index contributed by atoms with van der Waals surface area (Å²) < 4.78 is 0. The highest BCUT2D eigenvalue weighted by molar-refractivity contribution is 5.36. The normalized spacial score (nSPS) is 27.4. The molecule has 0 spiro atoms. The van der Waals surface area contributed by atoms with Gasteiger partial charge in [-0.15, -0.1) is 0 Å². The average molecular weight is 229 g/mol. The summed E-state index contributed by atoms with van der Waals surface area (Å²) in [7, 11) is 0. The van der Waals surface area contributed by atoms with Crippen LogP contribution >= 0.6 is 0 Å². The van der Waals surface area contributed by atoms with Crippen molar-refractivity contribution in [2.24, 2.45) is 0 Å². The van der Waals surface area contributed by atoms with Crippen molar-refractivity contribution < 1.29 is 0 Å². The Morgan fingerprint density at radius 2 is 2.06 bits per heavy atom. The van der Waals surface area contributed by atoms with Gasteiger partial charge in [0.1, 0.15) is 0 Å². The maximum Gasteiger partial charge on any atom is 0.0219 e. The number of rotatable bonds is 3. The fraction of sp³-hybridized carbons (Fsp3) is 0.625. The number of aryl methyl sites for hydroxylation is 2. The summed E-state index contributed by atoms with van der Waals surface area (Å²) in [6.45, 7) is 3.53. The molecule has 0 bridgehead atoms. The molecule has 1 atom stereocenters. The molecule has 1 aliphatic carbocycles. The average Bonchev–Trinajstić information content (AvgIpc) is 2.97. The minimum absolute atomic E-state index is 0.396. The number of hydrogen-bond donors (Lipinski definition) is 1. The van der Waals surface area contributed by atoms with Crippen LogP contribution in [-0.2, 0) is 19.3 Å². The number of nitrogens with one attached hydrogen (secondary N) is 1. The lowest BCUT2D eigenvalue weighted by atomic mass is 9.86. The van der Waals surface area contributed by atoms with Gasteiger partial charge in [0.05, 0.1) is 0 Å². The third-order valence-corrected chi connectivity index (χ3v) is 4.71. The molecule has 92 valence electrons. The largest absolute Gasteiger partial charge is 0.311 e. The van der Waals surface area contributed by atoms with Crippen molar-refractivity contribution in [3.63, 3.8) is 0 Å². The van der Waals surface area contributed by atoms with Crippen LogP contribution in [0, 0.1) is 0 Å². The van der Waals surface area contributed by atoms with Gasteiger partial charge in [-0.2, -0.15) is 0 Å². The SMILES string of the molecule is CCC1(Cc2ccc3c(c2)CCC3)CCCN1. The molecule has 1 heteroatoms. The van der Waals surface area contributed by atoms with E-state index in [0.717, 1.165) is 0 Å². The summed E-state index contributed by atoms with van der Waals surface area (Å²) in [5.41, 5.74) is 5.15. The highest BCUT2D eigenvalue weighted by Crippen LogP contribution is 2.29. The summed E-state index contributed by atoms with van der Waals surface area (Å²) in [6, 6.07) is 7.21. The van der Waals surface area contributed by atoms with Gasteiger partial charge in [0.2, 0.25) is 0 Å². The maximum absolute atomic E-state index is 3.74. The van der Waals surface area contributed by atoms with E-state index in [0.29, 0.717) is 5.54 Å². The van der Waals surface area contributed by atoms with Crippen LogP contribution in [0.25, 0.3) is 0 Å². The Morgan fingerprint density at radius 1 is 1.18 bits per heavy atom. The van der Waals surface area contributed by atoms with Crippen LogP contribution in [0.1, 0.15) is 49.3 Å². The van der Waals surface area contributed by atoms with Gasteiger partial charge in [0.15, 0.2) is 0 Å². The topological polar surface area (TPSA) is 12.0 Å². The minimum Gasteiger partial charge on any atom is -0.311 e. The van der Waals surface area contributed by atoms with Gasteiger partial charge in [-0.05, 0) is 68.2 Å². The van der Waals surface area contributed by atoms with E-state index in [4.69, 9.17) is 0 Å². The first-order valence-electron chi connectivity index (χ1n) is 7.17. The van der Waals surface area contributed by atoms with Gasteiger partial charge in [-0.1, -0.05) is 25.1 Å². The zero-order valence-corrected chi connectivity index (χ0v) is 10.9. The predicted molar refractivity (Wildman–Crippen MR) is 72.4 cm³/mol. The molecular weight excluding hydrogens is 206 g/mol. The van der Waals surface area contributed by atoms with E-state index in [-0.39, 0.29) is 0 Å². The number of benzene rings is 1. The van der Waals surface area contributed by atoms with Crippen molar-refractivity contribution in [3.8, 4) is 0 Å². The Balaban J connectivity index is 1.80. The number of fused-ring (bicyclic) bond motifs is 1. The molecular formula is C16H23N. The van der Waals surface area contributed by atoms with Gasteiger partial charge >= 0.3 is 0 Å². The first kappa shape index (κ1) is 11.3. The summed E-state index contributed by atoms with van der Waals surface area (Å²) in [5, 5.41) is 3.74. The first-order valence-corrected chi connectivity index (χ1v) is 7.17. The van der Waals surface area contributed by atoms with Crippen molar-refractivity contribution >= 4 is 0 Å². The van der Waals surface area contributed by atoms with Gasteiger partial charge in [-0.25, -0.2) is 0 Å². The van der Waals surface area contributed by atoms with E-state index in [2.05, 4.69) is 30.4 Å². The van der Waals surface area contributed by atoms with Crippen molar-refractivity contribution in [1.82, 2.24) is 5.32 Å². The second-order valence-corrected chi connectivity index (χ2v) is 5.80. The Hall–Kier alpha value is -0.820. The monoisotopic (exact) mass is 229 g/mol. The Morgan fingerprint density at radius 3 is 2.82 bits per heavy atom. The predicted octanol–water partition coefficient (Wildman–Crippen LogP) is 3.25. The lowest BCUT2D eigenvalue weighted by Crippen LogP contribution is -2.41. The molecule has 0 saturated carbocycles. The van der Waals surface area contributed by atoms with Gasteiger partial charge in [0.25, 0.3) is 0 Å². The summed E-state index contributed by atoms with van der Waals surface area (Å²) >= 11 is 0. The second kappa shape index (κ2) is 4.45. The molecule has 1 aliphatic heterocycles. The van der Waals surface area contributed by atoms with Gasteiger partial charge in [-0.3, -0.25) is 0 Å². The highest BCUT2D eigenvalue weighted by atomic mass is 15.0. The molecule has 1 saturated heterocycles. The molecule has 0 amide bonds. The van der Waals surface area contributed by atoms with Gasteiger partial charge < -0.3 is 5.32 Å². The molecule has 1 N–H and O–H groups in total. The van der Waals surface area contributed by atoms with E-state index in [9.17, 15) is 0 Å². The van der Waals surface area contributed by atoms with Crippen molar-refractivity contribution in [2.45, 2.75) is 57.4 Å². The molecule has 2 aliphatic rings. The second-order valence-electron chi connectivity index (χ2n) is 5.80. The Kier molecular flexibility index (Phi) is 2.96.